The van der Waals surface area contributed by atoms with E-state index in [9.17, 15) is 13.2 Å². The number of aromatic nitrogens is 1. The number of sulfonamides is 1. The van der Waals surface area contributed by atoms with Crippen LogP contribution in [0.25, 0.3) is 0 Å². The Morgan fingerprint density at radius 2 is 2.10 bits per heavy atom. The molecule has 1 fully saturated rings. The van der Waals surface area contributed by atoms with E-state index in [4.69, 9.17) is 5.11 Å². The summed E-state index contributed by atoms with van der Waals surface area (Å²) >= 11 is 1.76. The maximum Gasteiger partial charge on any atom is 0.337 e. The summed E-state index contributed by atoms with van der Waals surface area (Å²) in [5.41, 5.74) is -0.0264. The van der Waals surface area contributed by atoms with Gasteiger partial charge in [-0.25, -0.2) is 18.2 Å². The van der Waals surface area contributed by atoms with Crippen LogP contribution in [0.3, 0.4) is 0 Å². The van der Waals surface area contributed by atoms with Gasteiger partial charge in [-0.1, -0.05) is 13.8 Å². The van der Waals surface area contributed by atoms with E-state index in [1.54, 1.807) is 11.8 Å². The van der Waals surface area contributed by atoms with Gasteiger partial charge >= 0.3 is 5.97 Å². The van der Waals surface area contributed by atoms with Gasteiger partial charge in [-0.15, -0.1) is 0 Å². The number of rotatable bonds is 3. The van der Waals surface area contributed by atoms with Crippen LogP contribution in [0, 0.1) is 0 Å². The third-order valence-electron chi connectivity index (χ3n) is 3.38. The Bertz CT molecular complexity index is 626. The van der Waals surface area contributed by atoms with Gasteiger partial charge < -0.3 is 5.11 Å². The average molecular weight is 330 g/mol. The summed E-state index contributed by atoms with van der Waals surface area (Å²) in [5, 5.41) is 8.72. The zero-order valence-corrected chi connectivity index (χ0v) is 13.6. The van der Waals surface area contributed by atoms with Crippen LogP contribution in [0.2, 0.25) is 0 Å². The molecule has 0 bridgehead atoms. The molecule has 1 aliphatic rings. The lowest BCUT2D eigenvalue weighted by Gasteiger charge is -2.22. The molecule has 0 atom stereocenters. The van der Waals surface area contributed by atoms with Crippen molar-refractivity contribution in [2.75, 3.05) is 18.8 Å². The first-order chi connectivity index (χ1) is 9.72. The predicted octanol–water partition coefficient (Wildman–Crippen LogP) is 1.69. The van der Waals surface area contributed by atoms with Crippen LogP contribution in [0.15, 0.2) is 23.4 Å². The average Bonchev–Trinajstić information content (AvgIpc) is 2.60. The van der Waals surface area contributed by atoms with E-state index in [1.807, 2.05) is 0 Å². The van der Waals surface area contributed by atoms with Crippen molar-refractivity contribution in [1.29, 1.82) is 0 Å². The van der Waals surface area contributed by atoms with Crippen molar-refractivity contribution in [3.63, 3.8) is 0 Å². The van der Waals surface area contributed by atoms with Gasteiger partial charge in [0.15, 0.2) is 5.03 Å². The zero-order chi connectivity index (χ0) is 15.7. The van der Waals surface area contributed by atoms with E-state index in [2.05, 4.69) is 18.8 Å². The number of carboxylic acids is 1. The fourth-order valence-corrected chi connectivity index (χ4v) is 4.60. The second-order valence-electron chi connectivity index (χ2n) is 5.45. The molecule has 0 aliphatic carbocycles. The maximum absolute atomic E-state index is 12.5. The Morgan fingerprint density at radius 3 is 2.67 bits per heavy atom. The van der Waals surface area contributed by atoms with E-state index in [1.165, 1.54) is 16.4 Å². The SMILES string of the molecule is CC1(C)CCN(S(=O)(=O)c2ccc(C(=O)O)cn2)CCS1. The van der Waals surface area contributed by atoms with Crippen LogP contribution >= 0.6 is 11.8 Å². The molecule has 1 aromatic rings. The summed E-state index contributed by atoms with van der Waals surface area (Å²) in [4.78, 5) is 14.6. The molecule has 1 N–H and O–H groups in total. The molecular weight excluding hydrogens is 312 g/mol. The van der Waals surface area contributed by atoms with Crippen molar-refractivity contribution in [2.45, 2.75) is 30.0 Å². The maximum atomic E-state index is 12.5. The lowest BCUT2D eigenvalue weighted by molar-refractivity contribution is 0.0696. The first-order valence-corrected chi connectivity index (χ1v) is 8.98. The van der Waals surface area contributed by atoms with Crippen LogP contribution in [-0.4, -0.2) is 52.4 Å². The fourth-order valence-electron chi connectivity index (χ4n) is 2.03. The summed E-state index contributed by atoms with van der Waals surface area (Å²) in [6, 6.07) is 2.51. The van der Waals surface area contributed by atoms with Gasteiger partial charge in [0, 0.05) is 29.8 Å². The lowest BCUT2D eigenvalue weighted by atomic mass is 10.1. The fraction of sp³-hybridized carbons (Fsp3) is 0.538. The molecule has 21 heavy (non-hydrogen) atoms. The molecule has 6 nitrogen and oxygen atoms in total. The smallest absolute Gasteiger partial charge is 0.337 e. The van der Waals surface area contributed by atoms with Gasteiger partial charge in [-0.2, -0.15) is 16.1 Å². The summed E-state index contributed by atoms with van der Waals surface area (Å²) < 4.78 is 26.6. The molecular formula is C13H18N2O4S2. The largest absolute Gasteiger partial charge is 0.478 e. The van der Waals surface area contributed by atoms with Gasteiger partial charge in [0.25, 0.3) is 10.0 Å². The Hall–Kier alpha value is -1.12. The molecule has 0 aromatic carbocycles. The van der Waals surface area contributed by atoms with E-state index < -0.39 is 16.0 Å². The lowest BCUT2D eigenvalue weighted by Crippen LogP contribution is -2.34. The highest BCUT2D eigenvalue weighted by Crippen LogP contribution is 2.32. The minimum atomic E-state index is -3.66. The normalized spacial score (nSPS) is 19.9. The predicted molar refractivity (Wildman–Crippen MR) is 81.1 cm³/mol. The quantitative estimate of drug-likeness (QED) is 0.907. The Morgan fingerprint density at radius 1 is 1.38 bits per heavy atom. The summed E-state index contributed by atoms with van der Waals surface area (Å²) in [5.74, 6) is -0.390. The van der Waals surface area contributed by atoms with Crippen molar-refractivity contribution >= 4 is 27.8 Å². The third-order valence-corrected chi connectivity index (χ3v) is 6.57. The molecule has 2 heterocycles. The second kappa shape index (κ2) is 5.94. The first kappa shape index (κ1) is 16.3. The molecule has 1 aliphatic heterocycles. The van der Waals surface area contributed by atoms with Crippen molar-refractivity contribution < 1.29 is 18.3 Å². The molecule has 1 saturated heterocycles. The van der Waals surface area contributed by atoms with Crippen molar-refractivity contribution in [3.8, 4) is 0 Å². The first-order valence-electron chi connectivity index (χ1n) is 6.56. The Kier molecular flexibility index (Phi) is 4.60. The minimum Gasteiger partial charge on any atom is -0.478 e. The summed E-state index contributed by atoms with van der Waals surface area (Å²) in [7, 11) is -3.66. The van der Waals surface area contributed by atoms with Crippen LogP contribution in [-0.2, 0) is 10.0 Å². The van der Waals surface area contributed by atoms with E-state index in [0.29, 0.717) is 13.1 Å². The van der Waals surface area contributed by atoms with Gasteiger partial charge in [0.1, 0.15) is 0 Å². The van der Waals surface area contributed by atoms with Crippen LogP contribution in [0.5, 0.6) is 0 Å². The summed E-state index contributed by atoms with van der Waals surface area (Å²) in [6.45, 7) is 5.10. The van der Waals surface area contributed by atoms with Gasteiger partial charge in [0.05, 0.1) is 5.56 Å². The highest BCUT2D eigenvalue weighted by atomic mass is 32.2. The van der Waals surface area contributed by atoms with Crippen LogP contribution in [0.1, 0.15) is 30.6 Å². The molecule has 0 unspecified atom stereocenters. The van der Waals surface area contributed by atoms with Gasteiger partial charge in [0.2, 0.25) is 0 Å². The zero-order valence-electron chi connectivity index (χ0n) is 11.9. The molecule has 0 saturated carbocycles. The van der Waals surface area contributed by atoms with E-state index >= 15 is 0 Å². The number of carboxylic acid groups (broad SMARTS) is 1. The molecule has 116 valence electrons. The van der Waals surface area contributed by atoms with Crippen molar-refractivity contribution in [1.82, 2.24) is 9.29 Å². The molecule has 0 radical (unpaired) electrons. The monoisotopic (exact) mass is 330 g/mol. The van der Waals surface area contributed by atoms with E-state index in [-0.39, 0.29) is 15.3 Å². The molecule has 2 rings (SSSR count). The molecule has 0 amide bonds. The highest BCUT2D eigenvalue weighted by molar-refractivity contribution is 8.00. The highest BCUT2D eigenvalue weighted by Gasteiger charge is 2.31. The molecule has 0 spiro atoms. The van der Waals surface area contributed by atoms with Crippen molar-refractivity contribution in [2.24, 2.45) is 0 Å². The Labute approximate surface area is 128 Å². The number of carbonyl (C=O) groups is 1. The number of nitrogens with zero attached hydrogens (tertiary/aromatic N) is 2. The summed E-state index contributed by atoms with van der Waals surface area (Å²) in [6.07, 6.45) is 1.84. The molecule has 1 aromatic heterocycles. The number of thioether (sulfide) groups is 1. The van der Waals surface area contributed by atoms with Crippen LogP contribution in [0.4, 0.5) is 0 Å². The van der Waals surface area contributed by atoms with Gasteiger partial charge in [-0.3, -0.25) is 0 Å². The van der Waals surface area contributed by atoms with Crippen molar-refractivity contribution in [3.05, 3.63) is 23.9 Å². The topological polar surface area (TPSA) is 87.6 Å². The third kappa shape index (κ3) is 3.75. The Balaban J connectivity index is 2.23. The molecule has 8 heteroatoms. The number of pyridine rings is 1. The minimum absolute atomic E-state index is 0.0264. The second-order valence-corrected chi connectivity index (χ2v) is 9.14. The van der Waals surface area contributed by atoms with E-state index in [0.717, 1.165) is 18.4 Å². The van der Waals surface area contributed by atoms with Crippen LogP contribution < -0.4 is 0 Å². The van der Waals surface area contributed by atoms with Gasteiger partial charge in [-0.05, 0) is 18.6 Å². The number of aromatic carboxylic acids is 1. The number of hydrogen-bond donors (Lipinski definition) is 1. The standard InChI is InChI=1S/C13H18N2O4S2/c1-13(2)5-6-15(7-8-20-13)21(18,19)11-4-3-10(9-14-11)12(16)17/h3-4,9H,5-8H2,1-2H3,(H,16,17). The number of hydrogen-bond acceptors (Lipinski definition) is 5.